The van der Waals surface area contributed by atoms with E-state index in [1.54, 1.807) is 23.3 Å². The number of nitrogens with zero attached hydrogens (tertiary/aromatic N) is 6. The molecule has 4 heterocycles. The second kappa shape index (κ2) is 9.15. The highest BCUT2D eigenvalue weighted by Crippen LogP contribution is 2.35. The van der Waals surface area contributed by atoms with Crippen LogP contribution < -0.4 is 0 Å². The Labute approximate surface area is 177 Å². The van der Waals surface area contributed by atoms with Crippen molar-refractivity contribution in [2.24, 2.45) is 0 Å². The number of carbonyl (C=O) groups excluding carboxylic acids is 1. The third-order valence-corrected chi connectivity index (χ3v) is 5.53. The first kappa shape index (κ1) is 20.2. The van der Waals surface area contributed by atoms with Crippen molar-refractivity contribution in [3.05, 3.63) is 60.2 Å². The van der Waals surface area contributed by atoms with Crippen LogP contribution in [-0.4, -0.2) is 42.1 Å². The minimum atomic E-state index is -0.0512. The van der Waals surface area contributed by atoms with Gasteiger partial charge < -0.3 is 4.90 Å². The van der Waals surface area contributed by atoms with Gasteiger partial charge in [0.1, 0.15) is 12.4 Å². The summed E-state index contributed by atoms with van der Waals surface area (Å²) in [4.78, 5) is 28.9. The summed E-state index contributed by atoms with van der Waals surface area (Å²) in [6.45, 7) is 5.10. The number of carbonyl (C=O) groups is 1. The van der Waals surface area contributed by atoms with Crippen molar-refractivity contribution >= 4 is 5.91 Å². The van der Waals surface area contributed by atoms with E-state index in [9.17, 15) is 4.79 Å². The molecule has 156 valence electrons. The lowest BCUT2D eigenvalue weighted by Crippen LogP contribution is -2.41. The van der Waals surface area contributed by atoms with Crippen LogP contribution in [0.1, 0.15) is 55.7 Å². The number of hydrogen-bond acceptors (Lipinski definition) is 5. The Morgan fingerprint density at radius 2 is 2.03 bits per heavy atom. The molecule has 3 aromatic heterocycles. The SMILES string of the molecule is CCCc1ncc(-c2ccncc2)c([C@H]2CCCCN2C(=O)Cn2cc(C)cn2)n1. The van der Waals surface area contributed by atoms with Crippen LogP contribution in [0.15, 0.2) is 43.1 Å². The predicted molar refractivity (Wildman–Crippen MR) is 115 cm³/mol. The van der Waals surface area contributed by atoms with Crippen LogP contribution in [0.2, 0.25) is 0 Å². The highest BCUT2D eigenvalue weighted by Gasteiger charge is 2.31. The van der Waals surface area contributed by atoms with Crippen molar-refractivity contribution in [1.82, 2.24) is 29.6 Å². The van der Waals surface area contributed by atoms with Gasteiger partial charge in [-0.3, -0.25) is 14.5 Å². The quantitative estimate of drug-likeness (QED) is 0.625. The number of hydrogen-bond donors (Lipinski definition) is 0. The molecule has 1 aliphatic heterocycles. The van der Waals surface area contributed by atoms with E-state index in [0.29, 0.717) is 0 Å². The van der Waals surface area contributed by atoms with Gasteiger partial charge in [0.2, 0.25) is 5.91 Å². The maximum absolute atomic E-state index is 13.2. The monoisotopic (exact) mass is 404 g/mol. The number of pyridine rings is 1. The van der Waals surface area contributed by atoms with Gasteiger partial charge in [-0.1, -0.05) is 6.92 Å². The highest BCUT2D eigenvalue weighted by atomic mass is 16.2. The molecule has 0 radical (unpaired) electrons. The van der Waals surface area contributed by atoms with Crippen molar-refractivity contribution in [2.45, 2.75) is 58.5 Å². The van der Waals surface area contributed by atoms with Crippen LogP contribution in [0, 0.1) is 6.92 Å². The molecule has 0 saturated carbocycles. The van der Waals surface area contributed by atoms with E-state index in [1.165, 1.54) is 0 Å². The fourth-order valence-corrected chi connectivity index (χ4v) is 4.08. The summed E-state index contributed by atoms with van der Waals surface area (Å²) in [7, 11) is 0. The molecule has 1 atom stereocenters. The van der Waals surface area contributed by atoms with E-state index in [2.05, 4.69) is 22.0 Å². The van der Waals surface area contributed by atoms with Crippen molar-refractivity contribution in [1.29, 1.82) is 0 Å². The molecule has 0 aliphatic carbocycles. The average Bonchev–Trinajstić information content (AvgIpc) is 3.19. The van der Waals surface area contributed by atoms with E-state index in [-0.39, 0.29) is 18.5 Å². The summed E-state index contributed by atoms with van der Waals surface area (Å²) < 4.78 is 1.72. The number of rotatable bonds is 6. The first-order valence-corrected chi connectivity index (χ1v) is 10.7. The Kier molecular flexibility index (Phi) is 6.16. The van der Waals surface area contributed by atoms with Crippen LogP contribution in [0.5, 0.6) is 0 Å². The van der Waals surface area contributed by atoms with Gasteiger partial charge in [-0.25, -0.2) is 9.97 Å². The fourth-order valence-electron chi connectivity index (χ4n) is 4.08. The minimum absolute atomic E-state index is 0.0512. The Hall–Kier alpha value is -3.09. The van der Waals surface area contributed by atoms with Gasteiger partial charge >= 0.3 is 0 Å². The molecule has 7 heteroatoms. The van der Waals surface area contributed by atoms with E-state index in [1.807, 2.05) is 36.4 Å². The van der Waals surface area contributed by atoms with Crippen LogP contribution in [0.4, 0.5) is 0 Å². The Balaban J connectivity index is 1.70. The lowest BCUT2D eigenvalue weighted by atomic mass is 9.94. The molecule has 0 bridgehead atoms. The van der Waals surface area contributed by atoms with Gasteiger partial charge in [0.25, 0.3) is 0 Å². The molecule has 3 aromatic rings. The maximum Gasteiger partial charge on any atom is 0.244 e. The second-order valence-corrected chi connectivity index (χ2v) is 7.89. The van der Waals surface area contributed by atoms with Crippen LogP contribution in [0.3, 0.4) is 0 Å². The zero-order valence-corrected chi connectivity index (χ0v) is 17.7. The summed E-state index contributed by atoms with van der Waals surface area (Å²) in [5.41, 5.74) is 4.02. The van der Waals surface area contributed by atoms with Gasteiger partial charge in [-0.2, -0.15) is 5.10 Å². The summed E-state index contributed by atoms with van der Waals surface area (Å²) in [5.74, 6) is 0.921. The Bertz CT molecular complexity index is 1000. The van der Waals surface area contributed by atoms with Crippen molar-refractivity contribution in [3.8, 4) is 11.1 Å². The number of aryl methyl sites for hydroxylation is 2. The smallest absolute Gasteiger partial charge is 0.244 e. The molecule has 0 unspecified atom stereocenters. The zero-order chi connectivity index (χ0) is 20.9. The molecule has 7 nitrogen and oxygen atoms in total. The van der Waals surface area contributed by atoms with Crippen LogP contribution >= 0.6 is 0 Å². The first-order chi connectivity index (χ1) is 14.7. The van der Waals surface area contributed by atoms with Crippen LogP contribution in [0.25, 0.3) is 11.1 Å². The summed E-state index contributed by atoms with van der Waals surface area (Å²) in [5, 5.41) is 4.29. The lowest BCUT2D eigenvalue weighted by Gasteiger charge is -2.36. The molecule has 4 rings (SSSR count). The zero-order valence-electron chi connectivity index (χ0n) is 17.7. The van der Waals surface area contributed by atoms with Gasteiger partial charge in [0, 0.05) is 43.3 Å². The van der Waals surface area contributed by atoms with E-state index >= 15 is 0 Å². The van der Waals surface area contributed by atoms with Gasteiger partial charge in [0.15, 0.2) is 0 Å². The first-order valence-electron chi connectivity index (χ1n) is 10.7. The third-order valence-electron chi connectivity index (χ3n) is 5.53. The van der Waals surface area contributed by atoms with Crippen molar-refractivity contribution in [3.63, 3.8) is 0 Å². The number of amides is 1. The van der Waals surface area contributed by atoms with Gasteiger partial charge in [0.05, 0.1) is 17.9 Å². The standard InChI is InChI=1S/C23H28N6O/c1-3-6-21-25-14-19(18-8-10-24-11-9-18)23(27-21)20-7-4-5-12-29(20)22(30)16-28-15-17(2)13-26-28/h8-11,13-15,20H,3-7,12,16H2,1-2H3/t20-/m1/s1. The molecule has 30 heavy (non-hydrogen) atoms. The van der Waals surface area contributed by atoms with Crippen molar-refractivity contribution in [2.75, 3.05) is 6.54 Å². The van der Waals surface area contributed by atoms with Gasteiger partial charge in [-0.05, 0) is 55.9 Å². The number of piperidine rings is 1. The molecule has 0 spiro atoms. The molecule has 0 aromatic carbocycles. The fraction of sp³-hybridized carbons (Fsp3) is 0.435. The molecule has 1 fully saturated rings. The summed E-state index contributed by atoms with van der Waals surface area (Å²) >= 11 is 0. The molecule has 0 N–H and O–H groups in total. The maximum atomic E-state index is 13.2. The molecule has 1 saturated heterocycles. The Morgan fingerprint density at radius 3 is 2.77 bits per heavy atom. The molecular formula is C23H28N6O. The third kappa shape index (κ3) is 4.40. The normalized spacial score (nSPS) is 16.6. The molecule has 1 aliphatic rings. The van der Waals surface area contributed by atoms with Crippen LogP contribution in [-0.2, 0) is 17.8 Å². The number of aromatic nitrogens is 5. The summed E-state index contributed by atoms with van der Waals surface area (Å²) in [6.07, 6.45) is 14.0. The lowest BCUT2D eigenvalue weighted by molar-refractivity contribution is -0.136. The van der Waals surface area contributed by atoms with E-state index < -0.39 is 0 Å². The average molecular weight is 405 g/mol. The number of likely N-dealkylation sites (tertiary alicyclic amines) is 1. The second-order valence-electron chi connectivity index (χ2n) is 7.89. The Morgan fingerprint density at radius 1 is 1.20 bits per heavy atom. The minimum Gasteiger partial charge on any atom is -0.332 e. The molecule has 1 amide bonds. The van der Waals surface area contributed by atoms with Crippen molar-refractivity contribution < 1.29 is 4.79 Å². The molecular weight excluding hydrogens is 376 g/mol. The topological polar surface area (TPSA) is 76.8 Å². The highest BCUT2D eigenvalue weighted by molar-refractivity contribution is 5.77. The largest absolute Gasteiger partial charge is 0.332 e. The predicted octanol–water partition coefficient (Wildman–Crippen LogP) is 3.75. The summed E-state index contributed by atoms with van der Waals surface area (Å²) in [6, 6.07) is 3.90. The van der Waals surface area contributed by atoms with E-state index in [0.717, 1.165) is 66.9 Å². The van der Waals surface area contributed by atoms with Gasteiger partial charge in [-0.15, -0.1) is 0 Å². The van der Waals surface area contributed by atoms with E-state index in [4.69, 9.17) is 4.98 Å².